The van der Waals surface area contributed by atoms with Crippen molar-refractivity contribution in [3.63, 3.8) is 0 Å². The highest BCUT2D eigenvalue weighted by Crippen LogP contribution is 2.30. The summed E-state index contributed by atoms with van der Waals surface area (Å²) in [6.45, 7) is 0.372. The number of hydrogen-bond donors (Lipinski definition) is 0. The van der Waals surface area contributed by atoms with E-state index in [2.05, 4.69) is 15.9 Å². The van der Waals surface area contributed by atoms with Crippen LogP contribution < -0.4 is 16.0 Å². The molecule has 0 radical (unpaired) electrons. The summed E-state index contributed by atoms with van der Waals surface area (Å²) in [4.78, 5) is 24.8. The molecule has 2 heterocycles. The molecule has 5 nitrogen and oxygen atoms in total. The SMILES string of the molecule is O=c1cc(-c2cc3ccccc3oc2=O)c2ccc(OCc3ccc(Br)cc3)cc2o1. The van der Waals surface area contributed by atoms with E-state index in [1.807, 2.05) is 36.4 Å². The fourth-order valence-electron chi connectivity index (χ4n) is 3.45. The van der Waals surface area contributed by atoms with Crippen LogP contribution in [0.25, 0.3) is 33.1 Å². The van der Waals surface area contributed by atoms with E-state index in [9.17, 15) is 9.59 Å². The molecule has 0 aliphatic rings. The molecule has 0 aliphatic heterocycles. The fourth-order valence-corrected chi connectivity index (χ4v) is 3.72. The van der Waals surface area contributed by atoms with E-state index >= 15 is 0 Å². The van der Waals surface area contributed by atoms with E-state index in [0.29, 0.717) is 40.0 Å². The number of hydrogen-bond acceptors (Lipinski definition) is 5. The van der Waals surface area contributed by atoms with Crippen LogP contribution in [0.5, 0.6) is 5.75 Å². The molecule has 0 saturated carbocycles. The Hall–Kier alpha value is -3.64. The van der Waals surface area contributed by atoms with E-state index in [1.165, 1.54) is 6.07 Å². The summed E-state index contributed by atoms with van der Waals surface area (Å²) < 4.78 is 17.7. The molecular weight excluding hydrogens is 460 g/mol. The average molecular weight is 475 g/mol. The Kier molecular flexibility index (Phi) is 4.92. The molecule has 5 aromatic rings. The van der Waals surface area contributed by atoms with Gasteiger partial charge in [0, 0.05) is 32.9 Å². The Balaban J connectivity index is 1.56. The van der Waals surface area contributed by atoms with Gasteiger partial charge in [0.05, 0.1) is 5.56 Å². The smallest absolute Gasteiger partial charge is 0.344 e. The predicted molar refractivity (Wildman–Crippen MR) is 122 cm³/mol. The number of rotatable bonds is 4. The van der Waals surface area contributed by atoms with Gasteiger partial charge in [-0.1, -0.05) is 46.3 Å². The monoisotopic (exact) mass is 474 g/mol. The Morgan fingerprint density at radius 3 is 2.42 bits per heavy atom. The molecule has 0 bridgehead atoms. The summed E-state index contributed by atoms with van der Waals surface area (Å²) >= 11 is 3.41. The van der Waals surface area contributed by atoms with Gasteiger partial charge in [0.15, 0.2) is 0 Å². The zero-order chi connectivity index (χ0) is 21.4. The lowest BCUT2D eigenvalue weighted by Gasteiger charge is -2.09. The second-order valence-corrected chi connectivity index (χ2v) is 7.95. The van der Waals surface area contributed by atoms with Crippen LogP contribution in [0.2, 0.25) is 0 Å². The zero-order valence-corrected chi connectivity index (χ0v) is 17.7. The molecule has 152 valence electrons. The van der Waals surface area contributed by atoms with Crippen molar-refractivity contribution in [3.8, 4) is 16.9 Å². The number of halogens is 1. The highest BCUT2D eigenvalue weighted by Gasteiger charge is 2.14. The first-order valence-electron chi connectivity index (χ1n) is 9.55. The van der Waals surface area contributed by atoms with E-state index in [4.69, 9.17) is 13.6 Å². The maximum atomic E-state index is 12.6. The molecule has 3 aromatic carbocycles. The minimum atomic E-state index is -0.555. The summed E-state index contributed by atoms with van der Waals surface area (Å²) in [5, 5.41) is 1.39. The first kappa shape index (κ1) is 19.3. The Bertz CT molecular complexity index is 1530. The van der Waals surface area contributed by atoms with Crippen molar-refractivity contribution in [1.82, 2.24) is 0 Å². The molecule has 31 heavy (non-hydrogen) atoms. The third kappa shape index (κ3) is 3.90. The van der Waals surface area contributed by atoms with Crippen LogP contribution in [0.15, 0.2) is 102 Å². The Labute approximate surface area is 184 Å². The molecule has 0 aliphatic carbocycles. The van der Waals surface area contributed by atoms with E-state index in [0.717, 1.165) is 15.4 Å². The summed E-state index contributed by atoms with van der Waals surface area (Å²) in [7, 11) is 0. The molecule has 0 saturated heterocycles. The molecule has 6 heteroatoms. The molecule has 2 aromatic heterocycles. The zero-order valence-electron chi connectivity index (χ0n) is 16.1. The van der Waals surface area contributed by atoms with Crippen LogP contribution in [0, 0.1) is 0 Å². The minimum Gasteiger partial charge on any atom is -0.489 e. The van der Waals surface area contributed by atoms with Gasteiger partial charge >= 0.3 is 11.3 Å². The van der Waals surface area contributed by atoms with Gasteiger partial charge in [-0.25, -0.2) is 9.59 Å². The number of para-hydroxylation sites is 1. The lowest BCUT2D eigenvalue weighted by atomic mass is 10.0. The van der Waals surface area contributed by atoms with Gasteiger partial charge in [-0.2, -0.15) is 0 Å². The van der Waals surface area contributed by atoms with Gasteiger partial charge in [0.25, 0.3) is 0 Å². The van der Waals surface area contributed by atoms with Gasteiger partial charge in [0.1, 0.15) is 23.5 Å². The highest BCUT2D eigenvalue weighted by molar-refractivity contribution is 9.10. The largest absolute Gasteiger partial charge is 0.489 e. The maximum Gasteiger partial charge on any atom is 0.344 e. The fraction of sp³-hybridized carbons (Fsp3) is 0.0400. The summed E-state index contributed by atoms with van der Waals surface area (Å²) in [6, 6.07) is 23.3. The molecular formula is C25H15BrO5. The molecule has 0 spiro atoms. The van der Waals surface area contributed by atoms with E-state index < -0.39 is 11.3 Å². The number of benzene rings is 3. The summed E-state index contributed by atoms with van der Waals surface area (Å²) in [5.41, 5.74) is 1.54. The molecule has 0 N–H and O–H groups in total. The van der Waals surface area contributed by atoms with E-state index in [1.54, 1.807) is 36.4 Å². The van der Waals surface area contributed by atoms with Gasteiger partial charge in [0.2, 0.25) is 0 Å². The predicted octanol–water partition coefficient (Wildman–Crippen LogP) is 5.91. The quantitative estimate of drug-likeness (QED) is 0.303. The summed E-state index contributed by atoms with van der Waals surface area (Å²) in [6.07, 6.45) is 0. The van der Waals surface area contributed by atoms with Gasteiger partial charge < -0.3 is 13.6 Å². The van der Waals surface area contributed by atoms with Crippen molar-refractivity contribution in [1.29, 1.82) is 0 Å². The Morgan fingerprint density at radius 2 is 1.58 bits per heavy atom. The lowest BCUT2D eigenvalue weighted by molar-refractivity contribution is 0.306. The lowest BCUT2D eigenvalue weighted by Crippen LogP contribution is -2.06. The normalized spacial score (nSPS) is 11.1. The first-order chi connectivity index (χ1) is 15.1. The molecule has 0 fully saturated rings. The van der Waals surface area contributed by atoms with Crippen LogP contribution in [0.3, 0.4) is 0 Å². The van der Waals surface area contributed by atoms with Crippen molar-refractivity contribution in [2.45, 2.75) is 6.61 Å². The number of ether oxygens (including phenoxy) is 1. The standard InChI is InChI=1S/C25H15BrO5/c26-17-7-5-15(6-8-17)14-29-18-9-10-19-20(13-24(27)30-23(19)12-18)21-11-16-3-1-2-4-22(16)31-25(21)28/h1-13H,14H2. The topological polar surface area (TPSA) is 69.7 Å². The van der Waals surface area contributed by atoms with Gasteiger partial charge in [-0.15, -0.1) is 0 Å². The molecule has 0 atom stereocenters. The second kappa shape index (κ2) is 7.89. The van der Waals surface area contributed by atoms with Crippen LogP contribution >= 0.6 is 15.9 Å². The van der Waals surface area contributed by atoms with Crippen molar-refractivity contribution in [2.24, 2.45) is 0 Å². The van der Waals surface area contributed by atoms with Crippen LogP contribution in [0.1, 0.15) is 5.56 Å². The van der Waals surface area contributed by atoms with Crippen molar-refractivity contribution in [3.05, 3.63) is 110 Å². The second-order valence-electron chi connectivity index (χ2n) is 7.04. The van der Waals surface area contributed by atoms with Crippen molar-refractivity contribution >= 4 is 37.9 Å². The average Bonchev–Trinajstić information content (AvgIpc) is 2.77. The van der Waals surface area contributed by atoms with Crippen LogP contribution in [0.4, 0.5) is 0 Å². The highest BCUT2D eigenvalue weighted by atomic mass is 79.9. The van der Waals surface area contributed by atoms with Crippen molar-refractivity contribution < 1.29 is 13.6 Å². The van der Waals surface area contributed by atoms with Crippen LogP contribution in [-0.4, -0.2) is 0 Å². The van der Waals surface area contributed by atoms with Crippen molar-refractivity contribution in [2.75, 3.05) is 0 Å². The molecule has 5 rings (SSSR count). The molecule has 0 amide bonds. The first-order valence-corrected chi connectivity index (χ1v) is 10.3. The maximum absolute atomic E-state index is 12.6. The molecule has 0 unspecified atom stereocenters. The minimum absolute atomic E-state index is 0.306. The Morgan fingerprint density at radius 1 is 0.774 bits per heavy atom. The van der Waals surface area contributed by atoms with Gasteiger partial charge in [-0.05, 0) is 42.0 Å². The van der Waals surface area contributed by atoms with Crippen LogP contribution in [-0.2, 0) is 6.61 Å². The third-order valence-electron chi connectivity index (χ3n) is 4.97. The third-order valence-corrected chi connectivity index (χ3v) is 5.50. The summed E-state index contributed by atoms with van der Waals surface area (Å²) in [5.74, 6) is 0.557. The number of fused-ring (bicyclic) bond motifs is 2. The van der Waals surface area contributed by atoms with E-state index in [-0.39, 0.29) is 0 Å². The van der Waals surface area contributed by atoms with Gasteiger partial charge in [-0.3, -0.25) is 0 Å².